The SMILES string of the molecule is [O-]N(Oc1cccc2ccccc12)C12CCCC1C1CCC2C1. The Bertz CT molecular complexity index is 740. The summed E-state index contributed by atoms with van der Waals surface area (Å²) >= 11 is 0. The van der Waals surface area contributed by atoms with E-state index in [1.54, 1.807) is 0 Å². The van der Waals surface area contributed by atoms with Crippen LogP contribution >= 0.6 is 0 Å². The molecule has 3 saturated carbocycles. The molecule has 4 unspecified atom stereocenters. The van der Waals surface area contributed by atoms with Crippen molar-refractivity contribution in [1.82, 2.24) is 5.23 Å². The number of nitrogens with zero attached hydrogens (tertiary/aromatic N) is 1. The van der Waals surface area contributed by atoms with Crippen LogP contribution in [0.2, 0.25) is 0 Å². The van der Waals surface area contributed by atoms with E-state index < -0.39 is 0 Å². The Labute approximate surface area is 136 Å². The van der Waals surface area contributed by atoms with Gasteiger partial charge in [-0.3, -0.25) is 0 Å². The van der Waals surface area contributed by atoms with Crippen LogP contribution in [0.3, 0.4) is 0 Å². The van der Waals surface area contributed by atoms with Crippen molar-refractivity contribution in [2.24, 2.45) is 17.8 Å². The topological polar surface area (TPSA) is 35.5 Å². The predicted octanol–water partition coefficient (Wildman–Crippen LogP) is 4.90. The molecule has 0 N–H and O–H groups in total. The van der Waals surface area contributed by atoms with Gasteiger partial charge in [0.2, 0.25) is 0 Å². The quantitative estimate of drug-likeness (QED) is 0.756. The summed E-state index contributed by atoms with van der Waals surface area (Å²) in [5.41, 5.74) is -0.250. The minimum Gasteiger partial charge on any atom is -0.752 e. The summed E-state index contributed by atoms with van der Waals surface area (Å²) in [6, 6.07) is 14.1. The smallest absolute Gasteiger partial charge is 0.153 e. The fourth-order valence-electron chi connectivity index (χ4n) is 5.85. The third-order valence-corrected chi connectivity index (χ3v) is 6.75. The Balaban J connectivity index is 1.50. The molecule has 0 spiro atoms. The second-order valence-electron chi connectivity index (χ2n) is 7.59. The fourth-order valence-corrected chi connectivity index (χ4v) is 5.85. The van der Waals surface area contributed by atoms with Crippen LogP contribution in [0.4, 0.5) is 0 Å². The maximum Gasteiger partial charge on any atom is 0.153 e. The van der Waals surface area contributed by atoms with Crippen molar-refractivity contribution in [2.75, 3.05) is 0 Å². The number of hydrogen-bond donors (Lipinski definition) is 0. The monoisotopic (exact) mass is 308 g/mol. The Kier molecular flexibility index (Phi) is 2.98. The van der Waals surface area contributed by atoms with E-state index in [1.165, 1.54) is 32.1 Å². The lowest BCUT2D eigenvalue weighted by Gasteiger charge is -2.50. The molecule has 120 valence electrons. The lowest BCUT2D eigenvalue weighted by atomic mass is 9.75. The molecule has 3 heteroatoms. The molecular formula is C20H22NO2-. The van der Waals surface area contributed by atoms with Gasteiger partial charge in [0.1, 0.15) is 0 Å². The Morgan fingerprint density at radius 1 is 1.04 bits per heavy atom. The highest BCUT2D eigenvalue weighted by atomic mass is 16.9. The first-order chi connectivity index (χ1) is 11.3. The fraction of sp³-hybridized carbons (Fsp3) is 0.500. The molecule has 4 atom stereocenters. The third kappa shape index (κ3) is 1.84. The van der Waals surface area contributed by atoms with Crippen LogP contribution in [-0.2, 0) is 0 Å². The predicted molar refractivity (Wildman–Crippen MR) is 90.7 cm³/mol. The second-order valence-corrected chi connectivity index (χ2v) is 7.59. The number of rotatable bonds is 3. The number of benzene rings is 2. The molecule has 5 rings (SSSR count). The molecule has 0 amide bonds. The van der Waals surface area contributed by atoms with Crippen molar-refractivity contribution >= 4 is 10.8 Å². The van der Waals surface area contributed by atoms with Crippen molar-refractivity contribution in [1.29, 1.82) is 0 Å². The second kappa shape index (κ2) is 4.96. The Morgan fingerprint density at radius 3 is 2.87 bits per heavy atom. The van der Waals surface area contributed by atoms with Gasteiger partial charge < -0.3 is 10.0 Å². The molecule has 2 aromatic rings. The minimum atomic E-state index is -0.250. The molecule has 0 aromatic heterocycles. The molecular weight excluding hydrogens is 286 g/mol. The first kappa shape index (κ1) is 13.8. The van der Waals surface area contributed by atoms with Crippen molar-refractivity contribution in [3.8, 4) is 5.75 Å². The van der Waals surface area contributed by atoms with Gasteiger partial charge in [-0.1, -0.05) is 42.8 Å². The zero-order chi connectivity index (χ0) is 15.4. The van der Waals surface area contributed by atoms with Gasteiger partial charge in [0.15, 0.2) is 5.75 Å². The molecule has 3 aliphatic carbocycles. The lowest BCUT2D eigenvalue weighted by molar-refractivity contribution is -0.137. The zero-order valence-electron chi connectivity index (χ0n) is 13.3. The lowest BCUT2D eigenvalue weighted by Crippen LogP contribution is -2.53. The van der Waals surface area contributed by atoms with Gasteiger partial charge in [-0.05, 0) is 61.3 Å². The van der Waals surface area contributed by atoms with E-state index in [9.17, 15) is 5.21 Å². The number of hydroxylamine groups is 2. The average molecular weight is 308 g/mol. The van der Waals surface area contributed by atoms with Crippen LogP contribution in [0.15, 0.2) is 42.5 Å². The van der Waals surface area contributed by atoms with Gasteiger partial charge >= 0.3 is 0 Å². The van der Waals surface area contributed by atoms with Gasteiger partial charge in [-0.2, -0.15) is 0 Å². The van der Waals surface area contributed by atoms with E-state index in [-0.39, 0.29) is 5.54 Å². The maximum absolute atomic E-state index is 13.1. The van der Waals surface area contributed by atoms with Crippen molar-refractivity contribution < 1.29 is 4.84 Å². The highest BCUT2D eigenvalue weighted by molar-refractivity contribution is 5.88. The molecule has 0 saturated heterocycles. The molecule has 3 nitrogen and oxygen atoms in total. The van der Waals surface area contributed by atoms with Gasteiger partial charge in [-0.15, -0.1) is 0 Å². The van der Waals surface area contributed by atoms with E-state index in [2.05, 4.69) is 12.1 Å². The summed E-state index contributed by atoms with van der Waals surface area (Å²) in [6.07, 6.45) is 7.15. The molecule has 23 heavy (non-hydrogen) atoms. The van der Waals surface area contributed by atoms with E-state index in [1.807, 2.05) is 30.3 Å². The number of fused-ring (bicyclic) bond motifs is 6. The molecule has 2 bridgehead atoms. The van der Waals surface area contributed by atoms with Crippen LogP contribution in [0.1, 0.15) is 38.5 Å². The van der Waals surface area contributed by atoms with Crippen LogP contribution in [0, 0.1) is 23.0 Å². The first-order valence-corrected chi connectivity index (χ1v) is 8.92. The van der Waals surface area contributed by atoms with Crippen LogP contribution in [-0.4, -0.2) is 10.8 Å². The zero-order valence-corrected chi connectivity index (χ0v) is 13.3. The summed E-state index contributed by atoms with van der Waals surface area (Å²) in [5.74, 6) is 2.54. The van der Waals surface area contributed by atoms with Gasteiger partial charge in [-0.25, -0.2) is 5.23 Å². The summed E-state index contributed by atoms with van der Waals surface area (Å²) in [6.45, 7) is 0. The molecule has 0 heterocycles. The van der Waals surface area contributed by atoms with Crippen LogP contribution in [0.25, 0.3) is 10.8 Å². The van der Waals surface area contributed by atoms with Crippen LogP contribution in [0.5, 0.6) is 5.75 Å². The molecule has 3 fully saturated rings. The summed E-state index contributed by atoms with van der Waals surface area (Å²) in [7, 11) is 0. The van der Waals surface area contributed by atoms with Gasteiger partial charge in [0.05, 0.1) is 0 Å². The highest BCUT2D eigenvalue weighted by Crippen LogP contribution is 2.63. The summed E-state index contributed by atoms with van der Waals surface area (Å²) in [4.78, 5) is 5.95. The van der Waals surface area contributed by atoms with Crippen molar-refractivity contribution in [2.45, 2.75) is 44.1 Å². The average Bonchev–Trinajstić information content (AvgIpc) is 3.28. The Morgan fingerprint density at radius 2 is 1.91 bits per heavy atom. The Hall–Kier alpha value is -1.58. The highest BCUT2D eigenvalue weighted by Gasteiger charge is 2.61. The van der Waals surface area contributed by atoms with E-state index in [0.29, 0.717) is 17.6 Å². The minimum absolute atomic E-state index is 0.250. The first-order valence-electron chi connectivity index (χ1n) is 8.92. The summed E-state index contributed by atoms with van der Waals surface area (Å²) < 4.78 is 0. The van der Waals surface area contributed by atoms with E-state index in [0.717, 1.165) is 28.3 Å². The maximum atomic E-state index is 13.1. The summed E-state index contributed by atoms with van der Waals surface area (Å²) in [5, 5.41) is 16.3. The van der Waals surface area contributed by atoms with Crippen molar-refractivity contribution in [3.05, 3.63) is 47.7 Å². The van der Waals surface area contributed by atoms with E-state index in [4.69, 9.17) is 4.84 Å². The molecule has 3 aliphatic rings. The molecule has 0 radical (unpaired) electrons. The van der Waals surface area contributed by atoms with Gasteiger partial charge in [0, 0.05) is 10.9 Å². The standard InChI is InChI=1S/C20H22NO2/c22-21(20-12-4-8-18(20)15-10-11-16(20)13-15)23-19-9-3-6-14-5-1-2-7-17(14)19/h1-3,5-7,9,15-16,18H,4,8,10-13H2/q-1. The van der Waals surface area contributed by atoms with Crippen molar-refractivity contribution in [3.63, 3.8) is 0 Å². The molecule has 2 aromatic carbocycles. The third-order valence-electron chi connectivity index (χ3n) is 6.75. The van der Waals surface area contributed by atoms with Crippen LogP contribution < -0.4 is 4.84 Å². The normalized spacial score (nSPS) is 35.1. The number of hydrogen-bond acceptors (Lipinski definition) is 3. The molecule has 0 aliphatic heterocycles. The van der Waals surface area contributed by atoms with E-state index >= 15 is 0 Å². The van der Waals surface area contributed by atoms with Gasteiger partial charge in [0.25, 0.3) is 0 Å². The largest absolute Gasteiger partial charge is 0.752 e.